The Kier molecular flexibility index (Phi) is 5.69. The number of aliphatic hydroxyl groups is 1. The van der Waals surface area contributed by atoms with Gasteiger partial charge in [-0.15, -0.1) is 0 Å². The molecule has 1 aliphatic heterocycles. The van der Waals surface area contributed by atoms with E-state index in [0.29, 0.717) is 33.5 Å². The minimum atomic E-state index is -0.643. The van der Waals surface area contributed by atoms with E-state index in [1.807, 2.05) is 12.1 Å². The molecule has 1 atom stereocenters. The van der Waals surface area contributed by atoms with Crippen LogP contribution in [0.3, 0.4) is 0 Å². The molecule has 11 heteroatoms. The second kappa shape index (κ2) is 9.20. The Hall–Kier alpha value is -4.90. The number of amides is 2. The average Bonchev–Trinajstić information content (AvgIpc) is 3.60. The first-order chi connectivity index (χ1) is 18.4. The monoisotopic (exact) mass is 515 g/mol. The molecule has 1 aliphatic rings. The van der Waals surface area contributed by atoms with Crippen molar-refractivity contribution in [3.63, 3.8) is 0 Å². The van der Waals surface area contributed by atoms with Gasteiger partial charge in [0.05, 0.1) is 42.0 Å². The number of imidazole rings is 1. The van der Waals surface area contributed by atoms with Crippen LogP contribution in [0.25, 0.3) is 33.1 Å². The predicted octanol–water partition coefficient (Wildman–Crippen LogP) is 3.64. The van der Waals surface area contributed by atoms with Gasteiger partial charge in [-0.1, -0.05) is 12.1 Å². The van der Waals surface area contributed by atoms with Crippen molar-refractivity contribution in [2.75, 3.05) is 23.4 Å². The maximum atomic E-state index is 15.2. The summed E-state index contributed by atoms with van der Waals surface area (Å²) in [6.45, 7) is -0.162. The van der Waals surface area contributed by atoms with Gasteiger partial charge in [0.15, 0.2) is 0 Å². The topological polar surface area (TPSA) is 143 Å². The first kappa shape index (κ1) is 23.5. The Bertz CT molecular complexity index is 1770. The van der Waals surface area contributed by atoms with Crippen molar-refractivity contribution in [1.82, 2.24) is 15.0 Å². The molecule has 2 aromatic heterocycles. The number of H-pyrrole nitrogens is 3. The van der Waals surface area contributed by atoms with Crippen molar-refractivity contribution in [2.24, 2.45) is 0 Å². The number of nitrogens with zero attached hydrogens (tertiary/aromatic N) is 1. The van der Waals surface area contributed by atoms with E-state index >= 15 is 4.39 Å². The van der Waals surface area contributed by atoms with Crippen molar-refractivity contribution in [2.45, 2.75) is 12.5 Å². The van der Waals surface area contributed by atoms with Crippen molar-refractivity contribution >= 4 is 45.3 Å². The number of aromatic amines is 3. The van der Waals surface area contributed by atoms with E-state index in [1.165, 1.54) is 11.0 Å². The number of halogens is 1. The molecule has 3 aromatic carbocycles. The highest BCUT2D eigenvalue weighted by atomic mass is 19.1. The fourth-order valence-corrected chi connectivity index (χ4v) is 4.76. The maximum absolute atomic E-state index is 15.2. The second-order valence-corrected chi connectivity index (χ2v) is 9.07. The first-order valence-electron chi connectivity index (χ1n) is 11.9. The Morgan fingerprint density at radius 1 is 1.11 bits per heavy atom. The van der Waals surface area contributed by atoms with E-state index in [0.717, 1.165) is 16.5 Å². The summed E-state index contributed by atoms with van der Waals surface area (Å²) in [7, 11) is 0. The summed E-state index contributed by atoms with van der Waals surface area (Å²) in [6, 6.07) is 15.0. The van der Waals surface area contributed by atoms with Crippen molar-refractivity contribution < 1.29 is 23.8 Å². The van der Waals surface area contributed by atoms with Gasteiger partial charge in [0, 0.05) is 22.7 Å². The van der Waals surface area contributed by atoms with Crippen LogP contribution in [-0.2, 0) is 16.0 Å². The quantitative estimate of drug-likeness (QED) is 0.235. The lowest BCUT2D eigenvalue weighted by Crippen LogP contribution is -2.25. The molecular formula is C27H22FN5O5. The molecular weight excluding hydrogens is 493 g/mol. The van der Waals surface area contributed by atoms with Gasteiger partial charge in [-0.3, -0.25) is 9.69 Å². The molecule has 6 rings (SSSR count). The third-order valence-corrected chi connectivity index (χ3v) is 6.60. The number of hydrogen-bond donors (Lipinski definition) is 5. The van der Waals surface area contributed by atoms with Crippen molar-refractivity contribution in [3.05, 3.63) is 82.7 Å². The molecule has 0 bridgehead atoms. The highest BCUT2D eigenvalue weighted by Gasteiger charge is 2.32. The molecule has 0 unspecified atom stereocenters. The largest absolute Gasteiger partial charge is 0.441 e. The van der Waals surface area contributed by atoms with Crippen LogP contribution in [0.15, 0.2) is 65.6 Å². The fraction of sp³-hybridized carbons (Fsp3) is 0.148. The summed E-state index contributed by atoms with van der Waals surface area (Å²) in [5.74, 6) is -0.800. The van der Waals surface area contributed by atoms with Crippen LogP contribution in [0.5, 0.6) is 0 Å². The molecule has 3 heterocycles. The van der Waals surface area contributed by atoms with Gasteiger partial charge in [0.25, 0.3) is 0 Å². The van der Waals surface area contributed by atoms with Gasteiger partial charge < -0.3 is 30.1 Å². The first-order valence-corrected chi connectivity index (χ1v) is 11.9. The zero-order valence-electron chi connectivity index (χ0n) is 19.9. The molecule has 5 N–H and O–H groups in total. The molecule has 0 saturated carbocycles. The number of carbonyl (C=O) groups is 2. The van der Waals surface area contributed by atoms with Crippen LogP contribution in [0.1, 0.15) is 5.56 Å². The molecule has 10 nitrogen and oxygen atoms in total. The summed E-state index contributed by atoms with van der Waals surface area (Å²) in [6.07, 6.45) is 0.518. The third-order valence-electron chi connectivity index (χ3n) is 6.60. The smallest absolute Gasteiger partial charge is 0.414 e. The zero-order chi connectivity index (χ0) is 26.4. The van der Waals surface area contributed by atoms with Gasteiger partial charge in [-0.2, -0.15) is 0 Å². The lowest BCUT2D eigenvalue weighted by Gasteiger charge is -2.14. The highest BCUT2D eigenvalue weighted by Crippen LogP contribution is 2.32. The van der Waals surface area contributed by atoms with Crippen molar-refractivity contribution in [1.29, 1.82) is 0 Å². The number of cyclic esters (lactones) is 1. The van der Waals surface area contributed by atoms with Crippen LogP contribution in [-0.4, -0.2) is 51.3 Å². The second-order valence-electron chi connectivity index (χ2n) is 9.07. The van der Waals surface area contributed by atoms with Gasteiger partial charge in [0.2, 0.25) is 5.91 Å². The van der Waals surface area contributed by atoms with E-state index < -0.39 is 18.0 Å². The number of anilines is 2. The summed E-state index contributed by atoms with van der Waals surface area (Å²) < 4.78 is 20.2. The Morgan fingerprint density at radius 3 is 2.76 bits per heavy atom. The van der Waals surface area contributed by atoms with Crippen LogP contribution < -0.4 is 15.9 Å². The van der Waals surface area contributed by atoms with Crippen LogP contribution in [0, 0.1) is 5.82 Å². The number of benzene rings is 3. The standard InChI is InChI=1S/C27H22FN5O5/c28-20-10-16(33-12-17(13-34)38-27(33)37)5-6-18(20)14-4-7-21-19(8-14)15(11-29-21)9-24(35)30-22-2-1-3-23-25(22)32-26(36)31-23/h1-8,10-11,17,29,34H,9,12-13H2,(H,30,35)(H2,31,32,36)/t17-/m1/s1. The average molecular weight is 516 g/mol. The normalized spacial score (nSPS) is 15.4. The Labute approximate surface area is 214 Å². The fourth-order valence-electron chi connectivity index (χ4n) is 4.76. The SMILES string of the molecule is O=C(Cc1c[nH]c2ccc(-c3ccc(N4C[C@H](CO)OC4=O)cc3F)cc12)Nc1cccc2[nH]c(=O)[nH]c12. The summed E-state index contributed by atoms with van der Waals surface area (Å²) in [4.78, 5) is 46.3. The molecule has 38 heavy (non-hydrogen) atoms. The molecule has 5 aromatic rings. The number of fused-ring (bicyclic) bond motifs is 2. The highest BCUT2D eigenvalue weighted by molar-refractivity contribution is 6.02. The summed E-state index contributed by atoms with van der Waals surface area (Å²) >= 11 is 0. The van der Waals surface area contributed by atoms with Gasteiger partial charge in [-0.05, 0) is 53.6 Å². The molecule has 1 fully saturated rings. The van der Waals surface area contributed by atoms with E-state index in [9.17, 15) is 19.5 Å². The zero-order valence-corrected chi connectivity index (χ0v) is 19.9. The number of carbonyl (C=O) groups excluding carboxylic acids is 2. The number of rotatable bonds is 6. The molecule has 0 aliphatic carbocycles. The van der Waals surface area contributed by atoms with E-state index in [4.69, 9.17) is 4.74 Å². The van der Waals surface area contributed by atoms with Crippen LogP contribution in [0.2, 0.25) is 0 Å². The van der Waals surface area contributed by atoms with E-state index in [1.54, 1.807) is 42.6 Å². The van der Waals surface area contributed by atoms with Gasteiger partial charge >= 0.3 is 11.8 Å². The molecule has 1 saturated heterocycles. The number of para-hydroxylation sites is 1. The van der Waals surface area contributed by atoms with Crippen molar-refractivity contribution in [3.8, 4) is 11.1 Å². The Balaban J connectivity index is 1.25. The number of nitrogens with one attached hydrogen (secondary N) is 4. The maximum Gasteiger partial charge on any atom is 0.414 e. The predicted molar refractivity (Wildman–Crippen MR) is 140 cm³/mol. The minimum Gasteiger partial charge on any atom is -0.441 e. The summed E-state index contributed by atoms with van der Waals surface area (Å²) in [5, 5.41) is 12.8. The van der Waals surface area contributed by atoms with E-state index in [2.05, 4.69) is 20.3 Å². The Morgan fingerprint density at radius 2 is 1.97 bits per heavy atom. The number of hydrogen-bond acceptors (Lipinski definition) is 5. The number of ether oxygens (including phenoxy) is 1. The van der Waals surface area contributed by atoms with Gasteiger partial charge in [0.1, 0.15) is 11.9 Å². The molecule has 2 amide bonds. The molecule has 0 radical (unpaired) electrons. The minimum absolute atomic E-state index is 0.0546. The summed E-state index contributed by atoms with van der Waals surface area (Å²) in [5.41, 5.74) is 4.03. The number of aromatic nitrogens is 3. The molecule has 0 spiro atoms. The van der Waals surface area contributed by atoms with Crippen LogP contribution >= 0.6 is 0 Å². The third kappa shape index (κ3) is 4.18. The van der Waals surface area contributed by atoms with Crippen LogP contribution in [0.4, 0.5) is 20.6 Å². The lowest BCUT2D eigenvalue weighted by atomic mass is 10.0. The number of aliphatic hydroxyl groups excluding tert-OH is 1. The lowest BCUT2D eigenvalue weighted by molar-refractivity contribution is -0.115. The molecule has 192 valence electrons. The van der Waals surface area contributed by atoms with Gasteiger partial charge in [-0.25, -0.2) is 14.0 Å². The van der Waals surface area contributed by atoms with E-state index in [-0.39, 0.29) is 31.2 Å².